The van der Waals surface area contributed by atoms with Crippen molar-refractivity contribution in [3.63, 3.8) is 0 Å². The Hall–Kier alpha value is -1.18. The molecule has 0 saturated heterocycles. The van der Waals surface area contributed by atoms with E-state index >= 15 is 0 Å². The fraction of sp³-hybridized carbons (Fsp3) is 0.417. The highest BCUT2D eigenvalue weighted by Gasteiger charge is 2.56. The minimum atomic E-state index is -4.79. The molecule has 1 heterocycles. The lowest BCUT2D eigenvalue weighted by Gasteiger charge is -2.33. The fourth-order valence-electron chi connectivity index (χ4n) is 1.75. The molecule has 7 heteroatoms. The van der Waals surface area contributed by atoms with Gasteiger partial charge in [-0.25, -0.2) is 4.98 Å². The van der Waals surface area contributed by atoms with Crippen molar-refractivity contribution < 1.29 is 18.3 Å². The molecular weight excluding hydrogens is 277 g/mol. The second-order valence-electron chi connectivity index (χ2n) is 4.46. The molecule has 3 nitrogen and oxygen atoms in total. The van der Waals surface area contributed by atoms with E-state index in [4.69, 9.17) is 5.73 Å². The minimum absolute atomic E-state index is 0.221. The van der Waals surface area contributed by atoms with Crippen molar-refractivity contribution in [2.45, 2.75) is 31.2 Å². The first-order chi connectivity index (χ1) is 8.74. The van der Waals surface area contributed by atoms with Crippen LogP contribution in [0.2, 0.25) is 0 Å². The van der Waals surface area contributed by atoms with Crippen molar-refractivity contribution in [2.75, 3.05) is 0 Å². The van der Waals surface area contributed by atoms with Crippen molar-refractivity contribution >= 4 is 21.6 Å². The molecule has 2 rings (SSSR count). The van der Waals surface area contributed by atoms with Crippen LogP contribution in [0, 0.1) is 0 Å². The molecule has 0 spiro atoms. The van der Waals surface area contributed by atoms with Gasteiger partial charge in [-0.15, -0.1) is 11.3 Å². The van der Waals surface area contributed by atoms with Gasteiger partial charge in [0.05, 0.1) is 15.2 Å². The molecule has 0 bridgehead atoms. The van der Waals surface area contributed by atoms with Gasteiger partial charge in [-0.05, 0) is 19.1 Å². The summed E-state index contributed by atoms with van der Waals surface area (Å²) < 4.78 is 39.6. The number of aliphatic hydroxyl groups is 1. The molecule has 0 aliphatic rings. The lowest BCUT2D eigenvalue weighted by Crippen LogP contribution is -2.58. The van der Waals surface area contributed by atoms with Crippen LogP contribution in [-0.4, -0.2) is 27.9 Å². The van der Waals surface area contributed by atoms with Gasteiger partial charge in [-0.3, -0.25) is 0 Å². The SMILES string of the molecule is CC(N)C(O)(Cc1nc2ccccc2s1)C(F)(F)F. The van der Waals surface area contributed by atoms with E-state index in [1.165, 1.54) is 0 Å². The maximum absolute atomic E-state index is 12.9. The Labute approximate surface area is 111 Å². The van der Waals surface area contributed by atoms with Gasteiger partial charge in [-0.1, -0.05) is 12.1 Å². The molecule has 1 aromatic carbocycles. The van der Waals surface area contributed by atoms with Gasteiger partial charge in [0.2, 0.25) is 0 Å². The van der Waals surface area contributed by atoms with Gasteiger partial charge in [0.15, 0.2) is 5.60 Å². The molecule has 104 valence electrons. The molecule has 0 amide bonds. The molecule has 0 fully saturated rings. The van der Waals surface area contributed by atoms with Crippen molar-refractivity contribution in [3.8, 4) is 0 Å². The number of thiazole rings is 1. The molecule has 19 heavy (non-hydrogen) atoms. The normalized spacial score (nSPS) is 17.4. The molecule has 0 radical (unpaired) electrons. The van der Waals surface area contributed by atoms with Gasteiger partial charge < -0.3 is 10.8 Å². The number of aromatic nitrogens is 1. The van der Waals surface area contributed by atoms with Crippen LogP contribution < -0.4 is 5.73 Å². The van der Waals surface area contributed by atoms with Crippen LogP contribution in [-0.2, 0) is 6.42 Å². The number of rotatable bonds is 3. The van der Waals surface area contributed by atoms with Crippen molar-refractivity contribution in [2.24, 2.45) is 5.73 Å². The molecule has 2 atom stereocenters. The van der Waals surface area contributed by atoms with E-state index < -0.39 is 24.2 Å². The van der Waals surface area contributed by atoms with E-state index in [-0.39, 0.29) is 5.01 Å². The van der Waals surface area contributed by atoms with Crippen LogP contribution in [0.5, 0.6) is 0 Å². The zero-order valence-electron chi connectivity index (χ0n) is 10.1. The Balaban J connectivity index is 2.37. The molecule has 3 N–H and O–H groups in total. The molecular formula is C12H13F3N2OS. The number of hydrogen-bond donors (Lipinski definition) is 2. The van der Waals surface area contributed by atoms with Crippen molar-refractivity contribution in [1.29, 1.82) is 0 Å². The molecule has 2 unspecified atom stereocenters. The lowest BCUT2D eigenvalue weighted by molar-refractivity contribution is -0.265. The van der Waals surface area contributed by atoms with Crippen LogP contribution in [0.15, 0.2) is 24.3 Å². The molecule has 0 aliphatic carbocycles. The predicted octanol–water partition coefficient (Wildman–Crippen LogP) is 2.48. The standard InChI is InChI=1S/C12H13F3N2OS/c1-7(16)11(18,12(13,14)15)6-10-17-8-4-2-3-5-9(8)19-10/h2-5,7,18H,6,16H2,1H3. The monoisotopic (exact) mass is 290 g/mol. The largest absolute Gasteiger partial charge is 0.419 e. The zero-order valence-corrected chi connectivity index (χ0v) is 10.9. The van der Waals surface area contributed by atoms with E-state index in [1.54, 1.807) is 24.3 Å². The number of halogens is 3. The molecule has 0 aliphatic heterocycles. The van der Waals surface area contributed by atoms with E-state index in [0.717, 1.165) is 23.0 Å². The Morgan fingerprint density at radius 3 is 2.53 bits per heavy atom. The average Bonchev–Trinajstić information content (AvgIpc) is 2.68. The summed E-state index contributed by atoms with van der Waals surface area (Å²) >= 11 is 1.13. The summed E-state index contributed by atoms with van der Waals surface area (Å²) in [5.74, 6) is 0. The minimum Gasteiger partial charge on any atom is -0.379 e. The van der Waals surface area contributed by atoms with E-state index in [0.29, 0.717) is 5.52 Å². The maximum Gasteiger partial charge on any atom is 0.419 e. The van der Waals surface area contributed by atoms with Crippen LogP contribution in [0.4, 0.5) is 13.2 Å². The third-order valence-corrected chi connectivity index (χ3v) is 4.04. The fourth-order valence-corrected chi connectivity index (χ4v) is 2.80. The van der Waals surface area contributed by atoms with Gasteiger partial charge >= 0.3 is 6.18 Å². The second kappa shape index (κ2) is 4.73. The number of hydrogen-bond acceptors (Lipinski definition) is 4. The van der Waals surface area contributed by atoms with Crippen LogP contribution in [0.25, 0.3) is 10.2 Å². The molecule has 0 saturated carbocycles. The molecule has 1 aromatic heterocycles. The maximum atomic E-state index is 12.9. The highest BCUT2D eigenvalue weighted by atomic mass is 32.1. The Kier molecular flexibility index (Phi) is 3.55. The van der Waals surface area contributed by atoms with Crippen molar-refractivity contribution in [1.82, 2.24) is 4.98 Å². The average molecular weight is 290 g/mol. The quantitative estimate of drug-likeness (QED) is 0.913. The summed E-state index contributed by atoms with van der Waals surface area (Å²) in [7, 11) is 0. The van der Waals surface area contributed by atoms with E-state index in [1.807, 2.05) is 0 Å². The number of nitrogens with zero attached hydrogens (tertiary/aromatic N) is 1. The van der Waals surface area contributed by atoms with Gasteiger partial charge in [0, 0.05) is 12.5 Å². The Morgan fingerprint density at radius 1 is 1.37 bits per heavy atom. The number of alkyl halides is 3. The first-order valence-electron chi connectivity index (χ1n) is 5.63. The third kappa shape index (κ3) is 2.58. The van der Waals surface area contributed by atoms with E-state index in [9.17, 15) is 18.3 Å². The van der Waals surface area contributed by atoms with Crippen LogP contribution >= 0.6 is 11.3 Å². The second-order valence-corrected chi connectivity index (χ2v) is 5.58. The van der Waals surface area contributed by atoms with Crippen LogP contribution in [0.3, 0.4) is 0 Å². The zero-order chi connectivity index (χ0) is 14.3. The smallest absolute Gasteiger partial charge is 0.379 e. The summed E-state index contributed by atoms with van der Waals surface area (Å²) in [6, 6.07) is 5.60. The van der Waals surface area contributed by atoms with Gasteiger partial charge in [0.1, 0.15) is 0 Å². The van der Waals surface area contributed by atoms with E-state index in [2.05, 4.69) is 4.98 Å². The third-order valence-electron chi connectivity index (χ3n) is 3.00. The number of para-hydroxylation sites is 1. The summed E-state index contributed by atoms with van der Waals surface area (Å²) in [6.07, 6.45) is -5.42. The predicted molar refractivity (Wildman–Crippen MR) is 68.0 cm³/mol. The van der Waals surface area contributed by atoms with Gasteiger partial charge in [-0.2, -0.15) is 13.2 Å². The topological polar surface area (TPSA) is 59.1 Å². The highest BCUT2D eigenvalue weighted by molar-refractivity contribution is 7.18. The number of fused-ring (bicyclic) bond motifs is 1. The van der Waals surface area contributed by atoms with Gasteiger partial charge in [0.25, 0.3) is 0 Å². The van der Waals surface area contributed by atoms with Crippen LogP contribution in [0.1, 0.15) is 11.9 Å². The summed E-state index contributed by atoms with van der Waals surface area (Å²) in [5.41, 5.74) is 2.97. The lowest BCUT2D eigenvalue weighted by atomic mass is 9.92. The summed E-state index contributed by atoms with van der Waals surface area (Å²) in [4.78, 5) is 4.10. The van der Waals surface area contributed by atoms with Crippen molar-refractivity contribution in [3.05, 3.63) is 29.3 Å². The highest BCUT2D eigenvalue weighted by Crippen LogP contribution is 2.36. The Bertz CT molecular complexity index is 549. The first kappa shape index (κ1) is 14.2. The summed E-state index contributed by atoms with van der Waals surface area (Å²) in [6.45, 7) is 1.14. The first-order valence-corrected chi connectivity index (χ1v) is 6.45. The number of benzene rings is 1. The summed E-state index contributed by atoms with van der Waals surface area (Å²) in [5, 5.41) is 10.0. The molecule has 2 aromatic rings. The Morgan fingerprint density at radius 2 is 2.00 bits per heavy atom. The number of nitrogens with two attached hydrogens (primary N) is 1.